The molecule has 3 heteroatoms. The van der Waals surface area contributed by atoms with Crippen LogP contribution in [0.2, 0.25) is 0 Å². The quantitative estimate of drug-likeness (QED) is 0.772. The molecule has 0 unspecified atom stereocenters. The summed E-state index contributed by atoms with van der Waals surface area (Å²) in [6.45, 7) is 8.65. The minimum Gasteiger partial charge on any atom is -0.391 e. The lowest BCUT2D eigenvalue weighted by atomic mass is 10.1. The van der Waals surface area contributed by atoms with Crippen molar-refractivity contribution in [3.63, 3.8) is 0 Å². The molecule has 0 aliphatic heterocycles. The summed E-state index contributed by atoms with van der Waals surface area (Å²) in [6.07, 6.45) is 1.69. The van der Waals surface area contributed by atoms with Crippen molar-refractivity contribution in [3.05, 3.63) is 17.5 Å². The SMILES string of the molecule is Cc1nn(C[C@H](C)O)cc1C(C)C. The molecule has 1 atom stereocenters. The molecule has 1 heterocycles. The van der Waals surface area contributed by atoms with Crippen molar-refractivity contribution in [1.82, 2.24) is 9.78 Å². The molecule has 0 amide bonds. The zero-order valence-electron chi connectivity index (χ0n) is 8.78. The van der Waals surface area contributed by atoms with Gasteiger partial charge in [0.1, 0.15) is 0 Å². The monoisotopic (exact) mass is 182 g/mol. The standard InChI is InChI=1S/C10H18N2O/c1-7(2)10-6-12(5-8(3)13)11-9(10)4/h6-8,13H,5H2,1-4H3/t8-/m0/s1. The predicted octanol–water partition coefficient (Wildman–Crippen LogP) is 1.70. The van der Waals surface area contributed by atoms with Crippen molar-refractivity contribution in [2.75, 3.05) is 0 Å². The third kappa shape index (κ3) is 2.56. The average molecular weight is 182 g/mol. The third-order valence-corrected chi connectivity index (χ3v) is 2.06. The second-order valence-electron chi connectivity index (χ2n) is 3.90. The van der Waals surface area contributed by atoms with Crippen LogP contribution in [0.1, 0.15) is 37.9 Å². The van der Waals surface area contributed by atoms with Crippen LogP contribution in [0.5, 0.6) is 0 Å². The van der Waals surface area contributed by atoms with Crippen LogP contribution < -0.4 is 0 Å². The van der Waals surface area contributed by atoms with Crippen LogP contribution in [0.4, 0.5) is 0 Å². The molecule has 74 valence electrons. The fourth-order valence-corrected chi connectivity index (χ4v) is 1.46. The smallest absolute Gasteiger partial charge is 0.0708 e. The zero-order chi connectivity index (χ0) is 10.0. The molecular weight excluding hydrogens is 164 g/mol. The van der Waals surface area contributed by atoms with Crippen molar-refractivity contribution in [2.45, 2.75) is 46.3 Å². The Morgan fingerprint density at radius 1 is 1.46 bits per heavy atom. The Morgan fingerprint density at radius 2 is 2.08 bits per heavy atom. The topological polar surface area (TPSA) is 38.0 Å². The van der Waals surface area contributed by atoms with Gasteiger partial charge in [0.2, 0.25) is 0 Å². The van der Waals surface area contributed by atoms with Crippen LogP contribution in [0, 0.1) is 6.92 Å². The van der Waals surface area contributed by atoms with Gasteiger partial charge in [0.15, 0.2) is 0 Å². The Balaban J connectivity index is 2.82. The highest BCUT2D eigenvalue weighted by atomic mass is 16.3. The van der Waals surface area contributed by atoms with Gasteiger partial charge in [-0.2, -0.15) is 5.10 Å². The molecular formula is C10H18N2O. The van der Waals surface area contributed by atoms with Gasteiger partial charge >= 0.3 is 0 Å². The minimum absolute atomic E-state index is 0.334. The number of aliphatic hydroxyl groups is 1. The number of aryl methyl sites for hydroxylation is 1. The molecule has 3 nitrogen and oxygen atoms in total. The largest absolute Gasteiger partial charge is 0.391 e. The van der Waals surface area contributed by atoms with Crippen LogP contribution >= 0.6 is 0 Å². The molecule has 1 aromatic heterocycles. The lowest BCUT2D eigenvalue weighted by Crippen LogP contribution is -2.11. The highest BCUT2D eigenvalue weighted by Crippen LogP contribution is 2.17. The van der Waals surface area contributed by atoms with E-state index >= 15 is 0 Å². The van der Waals surface area contributed by atoms with Crippen molar-refractivity contribution >= 4 is 0 Å². The first-order chi connectivity index (χ1) is 6.00. The highest BCUT2D eigenvalue weighted by molar-refractivity contribution is 5.19. The summed E-state index contributed by atoms with van der Waals surface area (Å²) < 4.78 is 1.81. The van der Waals surface area contributed by atoms with Gasteiger partial charge in [-0.15, -0.1) is 0 Å². The van der Waals surface area contributed by atoms with Gasteiger partial charge in [-0.1, -0.05) is 13.8 Å². The molecule has 0 saturated carbocycles. The van der Waals surface area contributed by atoms with Gasteiger partial charge in [0.25, 0.3) is 0 Å². The maximum atomic E-state index is 9.18. The molecule has 0 saturated heterocycles. The first-order valence-corrected chi connectivity index (χ1v) is 4.72. The molecule has 1 rings (SSSR count). The van der Waals surface area contributed by atoms with E-state index in [-0.39, 0.29) is 6.10 Å². The van der Waals surface area contributed by atoms with E-state index in [0.717, 1.165) is 5.69 Å². The van der Waals surface area contributed by atoms with E-state index in [1.54, 1.807) is 6.92 Å². The summed E-state index contributed by atoms with van der Waals surface area (Å²) in [4.78, 5) is 0. The average Bonchev–Trinajstić information content (AvgIpc) is 2.29. The first kappa shape index (κ1) is 10.3. The van der Waals surface area contributed by atoms with E-state index in [9.17, 15) is 5.11 Å². The van der Waals surface area contributed by atoms with E-state index in [1.165, 1.54) is 5.56 Å². The molecule has 0 aromatic carbocycles. The molecule has 0 bridgehead atoms. The van der Waals surface area contributed by atoms with Gasteiger partial charge in [0.05, 0.1) is 18.3 Å². The summed E-state index contributed by atoms with van der Waals surface area (Å²) >= 11 is 0. The summed E-state index contributed by atoms with van der Waals surface area (Å²) in [6, 6.07) is 0. The predicted molar refractivity (Wildman–Crippen MR) is 52.7 cm³/mol. The van der Waals surface area contributed by atoms with E-state index < -0.39 is 0 Å². The van der Waals surface area contributed by atoms with Crippen LogP contribution in [0.15, 0.2) is 6.20 Å². The summed E-state index contributed by atoms with van der Waals surface area (Å²) in [5.74, 6) is 0.503. The molecule has 13 heavy (non-hydrogen) atoms. The number of aliphatic hydroxyl groups excluding tert-OH is 1. The third-order valence-electron chi connectivity index (χ3n) is 2.06. The second kappa shape index (κ2) is 3.92. The van der Waals surface area contributed by atoms with Gasteiger partial charge in [-0.25, -0.2) is 0 Å². The number of aromatic nitrogens is 2. The minimum atomic E-state index is -0.334. The van der Waals surface area contributed by atoms with Gasteiger partial charge < -0.3 is 5.11 Å². The molecule has 0 spiro atoms. The van der Waals surface area contributed by atoms with Gasteiger partial charge in [-0.3, -0.25) is 4.68 Å². The Hall–Kier alpha value is -0.830. The van der Waals surface area contributed by atoms with E-state index in [2.05, 4.69) is 18.9 Å². The molecule has 0 radical (unpaired) electrons. The van der Waals surface area contributed by atoms with Gasteiger partial charge in [-0.05, 0) is 25.3 Å². The Morgan fingerprint density at radius 3 is 2.46 bits per heavy atom. The highest BCUT2D eigenvalue weighted by Gasteiger charge is 2.08. The summed E-state index contributed by atoms with van der Waals surface area (Å²) in [7, 11) is 0. The van der Waals surface area contributed by atoms with Crippen LogP contribution in [0.3, 0.4) is 0 Å². The second-order valence-corrected chi connectivity index (χ2v) is 3.90. The van der Waals surface area contributed by atoms with Crippen LogP contribution in [0.25, 0.3) is 0 Å². The van der Waals surface area contributed by atoms with Gasteiger partial charge in [0, 0.05) is 6.20 Å². The maximum Gasteiger partial charge on any atom is 0.0708 e. The Kier molecular flexibility index (Phi) is 3.09. The fraction of sp³-hybridized carbons (Fsp3) is 0.700. The molecule has 1 N–H and O–H groups in total. The van der Waals surface area contributed by atoms with Crippen LogP contribution in [-0.2, 0) is 6.54 Å². The number of hydrogen-bond acceptors (Lipinski definition) is 2. The lowest BCUT2D eigenvalue weighted by molar-refractivity contribution is 0.168. The molecule has 1 aromatic rings. The molecule has 0 fully saturated rings. The van der Waals surface area contributed by atoms with Crippen molar-refractivity contribution in [1.29, 1.82) is 0 Å². The van der Waals surface area contributed by atoms with E-state index in [4.69, 9.17) is 0 Å². The zero-order valence-corrected chi connectivity index (χ0v) is 8.78. The normalized spacial score (nSPS) is 13.7. The van der Waals surface area contributed by atoms with Crippen molar-refractivity contribution < 1.29 is 5.11 Å². The van der Waals surface area contributed by atoms with E-state index in [1.807, 2.05) is 17.8 Å². The number of hydrogen-bond donors (Lipinski definition) is 1. The van der Waals surface area contributed by atoms with Crippen molar-refractivity contribution in [3.8, 4) is 0 Å². The molecule has 0 aliphatic rings. The Bertz CT molecular complexity index is 276. The first-order valence-electron chi connectivity index (χ1n) is 4.72. The summed E-state index contributed by atoms with van der Waals surface area (Å²) in [5.41, 5.74) is 2.33. The maximum absolute atomic E-state index is 9.18. The number of rotatable bonds is 3. The summed E-state index contributed by atoms with van der Waals surface area (Å²) in [5, 5.41) is 13.5. The lowest BCUT2D eigenvalue weighted by Gasteiger charge is -2.03. The van der Waals surface area contributed by atoms with Crippen LogP contribution in [-0.4, -0.2) is 21.0 Å². The fourth-order valence-electron chi connectivity index (χ4n) is 1.46. The molecule has 0 aliphatic carbocycles. The van der Waals surface area contributed by atoms with Crippen molar-refractivity contribution in [2.24, 2.45) is 0 Å². The van der Waals surface area contributed by atoms with E-state index in [0.29, 0.717) is 12.5 Å². The number of nitrogens with zero attached hydrogens (tertiary/aromatic N) is 2. The Labute approximate surface area is 79.4 Å².